The van der Waals surface area contributed by atoms with Gasteiger partial charge in [0.1, 0.15) is 10.5 Å². The first kappa shape index (κ1) is 10.2. The van der Waals surface area contributed by atoms with Gasteiger partial charge in [-0.2, -0.15) is 0 Å². The van der Waals surface area contributed by atoms with E-state index in [9.17, 15) is 0 Å². The van der Waals surface area contributed by atoms with Gasteiger partial charge in [0, 0.05) is 0 Å². The second-order valence-corrected chi connectivity index (χ2v) is 7.78. The molecule has 3 heteroatoms. The van der Waals surface area contributed by atoms with Crippen molar-refractivity contribution in [2.45, 2.75) is 44.7 Å². The van der Waals surface area contributed by atoms with Gasteiger partial charge in [0.15, 0.2) is 9.04 Å². The Balaban J connectivity index is 2.17. The highest BCUT2D eigenvalue weighted by molar-refractivity contribution is 6.54. The minimum absolute atomic E-state index is 0.731. The van der Waals surface area contributed by atoms with Crippen LogP contribution in [0.2, 0.25) is 12.6 Å². The summed E-state index contributed by atoms with van der Waals surface area (Å²) in [6.07, 6.45) is 9.31. The molecule has 1 nitrogen and oxygen atoms in total. The van der Waals surface area contributed by atoms with Crippen LogP contribution in [0.5, 0.6) is 0 Å². The quantitative estimate of drug-likeness (QED) is 0.494. The van der Waals surface area contributed by atoms with Gasteiger partial charge < -0.3 is 4.12 Å². The lowest BCUT2D eigenvalue weighted by atomic mass is 9.98. The first-order valence-corrected chi connectivity index (χ1v) is 8.29. The van der Waals surface area contributed by atoms with Crippen molar-refractivity contribution >= 4 is 19.5 Å². The summed E-state index contributed by atoms with van der Waals surface area (Å²) >= 11 is 0. The number of allylic oxidation sites excluding steroid dienone is 2. The molecule has 0 N–H and O–H groups in total. The zero-order chi connectivity index (χ0) is 8.81. The van der Waals surface area contributed by atoms with Crippen LogP contribution in [0.25, 0.3) is 0 Å². The standard InChI is InChI=1S/C9H20OSi2/c1-12(10-11)8-7-9-5-3-2-4-6-9/h5,12H,2-4,6-8H2,1,11H3. The van der Waals surface area contributed by atoms with E-state index in [2.05, 4.69) is 12.6 Å². The lowest BCUT2D eigenvalue weighted by molar-refractivity contribution is 0.626. The molecule has 0 aromatic carbocycles. The lowest BCUT2D eigenvalue weighted by Gasteiger charge is -2.14. The van der Waals surface area contributed by atoms with Gasteiger partial charge in [-0.15, -0.1) is 0 Å². The van der Waals surface area contributed by atoms with Crippen LogP contribution in [0.1, 0.15) is 32.1 Å². The Kier molecular flexibility index (Phi) is 4.87. The fourth-order valence-electron chi connectivity index (χ4n) is 1.64. The highest BCUT2D eigenvalue weighted by Gasteiger charge is 2.06. The lowest BCUT2D eigenvalue weighted by Crippen LogP contribution is -2.11. The van der Waals surface area contributed by atoms with E-state index in [-0.39, 0.29) is 0 Å². The van der Waals surface area contributed by atoms with Crippen LogP contribution in [0, 0.1) is 0 Å². The van der Waals surface area contributed by atoms with E-state index >= 15 is 0 Å². The summed E-state index contributed by atoms with van der Waals surface area (Å²) in [5, 5.41) is 0. The maximum absolute atomic E-state index is 5.49. The van der Waals surface area contributed by atoms with E-state index in [1.54, 1.807) is 5.57 Å². The van der Waals surface area contributed by atoms with Crippen molar-refractivity contribution < 1.29 is 4.12 Å². The van der Waals surface area contributed by atoms with Crippen molar-refractivity contribution in [1.29, 1.82) is 0 Å². The summed E-state index contributed by atoms with van der Waals surface area (Å²) in [5.41, 5.74) is 1.71. The maximum atomic E-state index is 5.49. The molecule has 12 heavy (non-hydrogen) atoms. The average molecular weight is 200 g/mol. The molecule has 0 amide bonds. The highest BCUT2D eigenvalue weighted by Crippen LogP contribution is 2.21. The molecule has 0 bridgehead atoms. The molecular weight excluding hydrogens is 180 g/mol. The maximum Gasteiger partial charge on any atom is 0.159 e. The molecule has 0 saturated heterocycles. The topological polar surface area (TPSA) is 9.23 Å². The van der Waals surface area contributed by atoms with Crippen LogP contribution in [-0.2, 0) is 4.12 Å². The SMILES string of the molecule is C[SiH](CCC1=CCCCC1)O[SiH3]. The Morgan fingerprint density at radius 1 is 1.58 bits per heavy atom. The molecule has 1 aliphatic carbocycles. The largest absolute Gasteiger partial charge is 0.466 e. The zero-order valence-corrected chi connectivity index (χ0v) is 11.5. The van der Waals surface area contributed by atoms with E-state index in [0.717, 1.165) is 10.5 Å². The van der Waals surface area contributed by atoms with Gasteiger partial charge in [0.2, 0.25) is 0 Å². The molecule has 0 saturated carbocycles. The summed E-state index contributed by atoms with van der Waals surface area (Å²) < 4.78 is 5.49. The molecule has 1 aliphatic rings. The van der Waals surface area contributed by atoms with Crippen molar-refractivity contribution in [3.8, 4) is 0 Å². The third-order valence-corrected chi connectivity index (χ3v) is 6.98. The molecular formula is C9H20OSi2. The monoisotopic (exact) mass is 200 g/mol. The van der Waals surface area contributed by atoms with Gasteiger partial charge in [-0.05, 0) is 44.7 Å². The molecule has 0 fully saturated rings. The van der Waals surface area contributed by atoms with E-state index in [0.29, 0.717) is 0 Å². The Labute approximate surface area is 80.5 Å². The summed E-state index contributed by atoms with van der Waals surface area (Å²) in [6.45, 7) is 2.32. The Hall–Kier alpha value is 0.134. The molecule has 1 unspecified atom stereocenters. The van der Waals surface area contributed by atoms with E-state index in [1.165, 1.54) is 38.1 Å². The zero-order valence-electron chi connectivity index (χ0n) is 8.31. The minimum atomic E-state index is -0.731. The van der Waals surface area contributed by atoms with Crippen LogP contribution in [0.15, 0.2) is 11.6 Å². The normalized spacial score (nSPS) is 20.6. The second kappa shape index (κ2) is 5.72. The molecule has 0 aromatic rings. The van der Waals surface area contributed by atoms with Gasteiger partial charge in [-0.25, -0.2) is 0 Å². The summed E-state index contributed by atoms with van der Waals surface area (Å²) in [5.74, 6) is 0. The van der Waals surface area contributed by atoms with Gasteiger partial charge in [-0.1, -0.05) is 11.6 Å². The molecule has 0 aromatic heterocycles. The van der Waals surface area contributed by atoms with Gasteiger partial charge in [0.25, 0.3) is 0 Å². The predicted octanol–water partition coefficient (Wildman–Crippen LogP) is 1.53. The number of hydrogen-bond acceptors (Lipinski definition) is 1. The third kappa shape index (κ3) is 3.69. The number of hydrogen-bond donors (Lipinski definition) is 0. The number of rotatable bonds is 4. The smallest absolute Gasteiger partial charge is 0.159 e. The molecule has 1 atom stereocenters. The first-order chi connectivity index (χ1) is 5.83. The first-order valence-electron chi connectivity index (χ1n) is 5.03. The summed E-state index contributed by atoms with van der Waals surface area (Å²) in [6, 6.07) is 1.36. The highest BCUT2D eigenvalue weighted by atomic mass is 28.3. The van der Waals surface area contributed by atoms with Crippen LogP contribution in [0.4, 0.5) is 0 Å². The van der Waals surface area contributed by atoms with Crippen LogP contribution < -0.4 is 0 Å². The van der Waals surface area contributed by atoms with Crippen molar-refractivity contribution in [3.63, 3.8) is 0 Å². The van der Waals surface area contributed by atoms with Crippen LogP contribution >= 0.6 is 0 Å². The molecule has 0 heterocycles. The fraction of sp³-hybridized carbons (Fsp3) is 0.778. The molecule has 0 aliphatic heterocycles. The van der Waals surface area contributed by atoms with Crippen molar-refractivity contribution in [2.24, 2.45) is 0 Å². The molecule has 70 valence electrons. The van der Waals surface area contributed by atoms with Crippen molar-refractivity contribution in [1.82, 2.24) is 0 Å². The predicted molar refractivity (Wildman–Crippen MR) is 60.0 cm³/mol. The third-order valence-electron chi connectivity index (χ3n) is 2.66. The van der Waals surface area contributed by atoms with Gasteiger partial charge in [-0.3, -0.25) is 0 Å². The fourth-order valence-corrected chi connectivity index (χ4v) is 3.36. The van der Waals surface area contributed by atoms with Crippen LogP contribution in [-0.4, -0.2) is 19.5 Å². The summed E-state index contributed by atoms with van der Waals surface area (Å²) in [4.78, 5) is 0. The Bertz CT molecular complexity index is 157. The van der Waals surface area contributed by atoms with E-state index < -0.39 is 9.04 Å². The van der Waals surface area contributed by atoms with E-state index in [4.69, 9.17) is 4.12 Å². The average Bonchev–Trinajstić information content (AvgIpc) is 2.16. The molecule has 0 radical (unpaired) electrons. The van der Waals surface area contributed by atoms with Crippen molar-refractivity contribution in [2.75, 3.05) is 0 Å². The van der Waals surface area contributed by atoms with Gasteiger partial charge in [0.05, 0.1) is 0 Å². The van der Waals surface area contributed by atoms with Gasteiger partial charge >= 0.3 is 0 Å². The summed E-state index contributed by atoms with van der Waals surface area (Å²) in [7, 11) is 0.212. The minimum Gasteiger partial charge on any atom is -0.466 e. The molecule has 0 spiro atoms. The van der Waals surface area contributed by atoms with E-state index in [1.807, 2.05) is 0 Å². The van der Waals surface area contributed by atoms with Crippen LogP contribution in [0.3, 0.4) is 0 Å². The Morgan fingerprint density at radius 3 is 3.00 bits per heavy atom. The second-order valence-electron chi connectivity index (χ2n) is 3.69. The van der Waals surface area contributed by atoms with Crippen molar-refractivity contribution in [3.05, 3.63) is 11.6 Å². The molecule has 1 rings (SSSR count). The Morgan fingerprint density at radius 2 is 2.42 bits per heavy atom.